The van der Waals surface area contributed by atoms with E-state index in [1.807, 2.05) is 58.9 Å². The standard InChI is InChI=1S/C23H29NO4/c1-13(2)27-17-11-9-16(10-12-17)21-20(23(26)28-14(3)4)15(5)24-18-7-6-8-19(25)22(18)21/h9-14,21,24H,6-8H2,1-5H3/t21-/m0/s1. The van der Waals surface area contributed by atoms with E-state index < -0.39 is 5.92 Å². The second-order valence-electron chi connectivity index (χ2n) is 7.96. The Morgan fingerprint density at radius 2 is 1.75 bits per heavy atom. The van der Waals surface area contributed by atoms with Crippen molar-refractivity contribution in [1.82, 2.24) is 5.32 Å². The van der Waals surface area contributed by atoms with Gasteiger partial charge in [-0.1, -0.05) is 12.1 Å². The first-order valence-corrected chi connectivity index (χ1v) is 9.99. The topological polar surface area (TPSA) is 64.6 Å². The summed E-state index contributed by atoms with van der Waals surface area (Å²) in [7, 11) is 0. The van der Waals surface area contributed by atoms with Gasteiger partial charge in [0.1, 0.15) is 5.75 Å². The van der Waals surface area contributed by atoms with Gasteiger partial charge in [0.25, 0.3) is 0 Å². The number of dihydropyridines is 1. The Morgan fingerprint density at radius 3 is 2.36 bits per heavy atom. The molecule has 0 radical (unpaired) electrons. The molecule has 3 rings (SSSR count). The maximum atomic E-state index is 12.9. The zero-order valence-electron chi connectivity index (χ0n) is 17.3. The molecule has 0 unspecified atom stereocenters. The van der Waals surface area contributed by atoms with Crippen LogP contribution in [0.25, 0.3) is 0 Å². The molecule has 28 heavy (non-hydrogen) atoms. The van der Waals surface area contributed by atoms with Gasteiger partial charge >= 0.3 is 5.97 Å². The summed E-state index contributed by atoms with van der Waals surface area (Å²) in [5, 5.41) is 3.30. The number of allylic oxidation sites excluding steroid dienone is 3. The first-order valence-electron chi connectivity index (χ1n) is 9.99. The number of Topliss-reactive ketones (excluding diaryl/α,β-unsaturated/α-hetero) is 1. The minimum Gasteiger partial charge on any atom is -0.491 e. The highest BCUT2D eigenvalue weighted by atomic mass is 16.5. The second kappa shape index (κ2) is 8.21. The molecule has 0 bridgehead atoms. The van der Waals surface area contributed by atoms with Gasteiger partial charge in [0, 0.05) is 29.3 Å². The van der Waals surface area contributed by atoms with E-state index in [0.717, 1.165) is 35.5 Å². The molecule has 0 saturated carbocycles. The average Bonchev–Trinajstić information content (AvgIpc) is 2.60. The number of rotatable bonds is 5. The van der Waals surface area contributed by atoms with Crippen molar-refractivity contribution < 1.29 is 19.1 Å². The predicted octanol–water partition coefficient (Wildman–Crippen LogP) is 4.39. The van der Waals surface area contributed by atoms with E-state index in [1.165, 1.54) is 0 Å². The summed E-state index contributed by atoms with van der Waals surface area (Å²) in [5.41, 5.74) is 3.80. The van der Waals surface area contributed by atoms with Gasteiger partial charge in [-0.3, -0.25) is 4.79 Å². The van der Waals surface area contributed by atoms with Crippen LogP contribution < -0.4 is 10.1 Å². The number of ether oxygens (including phenoxy) is 2. The number of benzene rings is 1. The van der Waals surface area contributed by atoms with Crippen LogP contribution in [0, 0.1) is 0 Å². The molecule has 1 aromatic rings. The fourth-order valence-electron chi connectivity index (χ4n) is 3.88. The Kier molecular flexibility index (Phi) is 5.92. The van der Waals surface area contributed by atoms with E-state index in [-0.39, 0.29) is 24.0 Å². The zero-order valence-corrected chi connectivity index (χ0v) is 17.3. The normalized spacial score (nSPS) is 19.7. The molecule has 0 saturated heterocycles. The highest BCUT2D eigenvalue weighted by Gasteiger charge is 2.39. The lowest BCUT2D eigenvalue weighted by Gasteiger charge is -2.34. The third-order valence-electron chi connectivity index (χ3n) is 4.92. The SMILES string of the molecule is CC1=C(C(=O)OC(C)C)[C@H](c2ccc(OC(C)C)cc2)C2=C(CCCC2=O)N1. The molecular formula is C23H29NO4. The van der Waals surface area contributed by atoms with Gasteiger partial charge in [-0.15, -0.1) is 0 Å². The number of hydrogen-bond acceptors (Lipinski definition) is 5. The molecule has 150 valence electrons. The first kappa shape index (κ1) is 20.2. The summed E-state index contributed by atoms with van der Waals surface area (Å²) in [4.78, 5) is 25.7. The van der Waals surface area contributed by atoms with Crippen LogP contribution in [-0.4, -0.2) is 24.0 Å². The summed E-state index contributed by atoms with van der Waals surface area (Å²) < 4.78 is 11.2. The molecule has 5 heteroatoms. The molecule has 2 aliphatic rings. The predicted molar refractivity (Wildman–Crippen MR) is 108 cm³/mol. The third-order valence-corrected chi connectivity index (χ3v) is 4.92. The number of esters is 1. The maximum absolute atomic E-state index is 12.9. The smallest absolute Gasteiger partial charge is 0.337 e. The van der Waals surface area contributed by atoms with E-state index in [1.54, 1.807) is 0 Å². The van der Waals surface area contributed by atoms with Gasteiger partial charge < -0.3 is 14.8 Å². The Hall–Kier alpha value is -2.56. The Bertz CT molecular complexity index is 831. The Morgan fingerprint density at radius 1 is 1.07 bits per heavy atom. The molecule has 0 amide bonds. The van der Waals surface area contributed by atoms with Gasteiger partial charge in [0.15, 0.2) is 5.78 Å². The van der Waals surface area contributed by atoms with Crippen molar-refractivity contribution in [3.8, 4) is 5.75 Å². The lowest BCUT2D eigenvalue weighted by atomic mass is 9.75. The maximum Gasteiger partial charge on any atom is 0.337 e. The third kappa shape index (κ3) is 4.13. The Labute approximate surface area is 166 Å². The van der Waals surface area contributed by atoms with Gasteiger partial charge in [0.2, 0.25) is 0 Å². The van der Waals surface area contributed by atoms with Gasteiger partial charge in [0.05, 0.1) is 17.8 Å². The van der Waals surface area contributed by atoms with Gasteiger partial charge in [-0.25, -0.2) is 4.79 Å². The van der Waals surface area contributed by atoms with E-state index in [9.17, 15) is 9.59 Å². The highest BCUT2D eigenvalue weighted by Crippen LogP contribution is 2.42. The summed E-state index contributed by atoms with van der Waals surface area (Å²) in [6, 6.07) is 7.67. The van der Waals surface area contributed by atoms with Crippen LogP contribution in [0.5, 0.6) is 5.75 Å². The van der Waals surface area contributed by atoms with Crippen molar-refractivity contribution in [1.29, 1.82) is 0 Å². The van der Waals surface area contributed by atoms with Crippen LogP contribution in [-0.2, 0) is 14.3 Å². The largest absolute Gasteiger partial charge is 0.491 e. The van der Waals surface area contributed by atoms with Crippen LogP contribution in [0.15, 0.2) is 46.8 Å². The fraction of sp³-hybridized carbons (Fsp3) is 0.478. The van der Waals surface area contributed by atoms with E-state index >= 15 is 0 Å². The minimum absolute atomic E-state index is 0.0812. The molecule has 1 heterocycles. The number of carbonyl (C=O) groups is 2. The number of nitrogens with one attached hydrogen (secondary N) is 1. The van der Waals surface area contributed by atoms with Gasteiger partial charge in [-0.2, -0.15) is 0 Å². The summed E-state index contributed by atoms with van der Waals surface area (Å²) in [6.45, 7) is 9.49. The molecule has 1 atom stereocenters. The molecule has 1 aliphatic heterocycles. The van der Waals surface area contributed by atoms with E-state index in [4.69, 9.17) is 9.47 Å². The zero-order chi connectivity index (χ0) is 20.4. The molecule has 1 aliphatic carbocycles. The molecule has 0 fully saturated rings. The molecule has 1 N–H and O–H groups in total. The Balaban J connectivity index is 2.06. The van der Waals surface area contributed by atoms with Crippen LogP contribution in [0.1, 0.15) is 65.4 Å². The van der Waals surface area contributed by atoms with Crippen molar-refractivity contribution in [3.63, 3.8) is 0 Å². The molecule has 1 aromatic carbocycles. The lowest BCUT2D eigenvalue weighted by Crippen LogP contribution is -2.34. The molecule has 5 nitrogen and oxygen atoms in total. The number of carbonyl (C=O) groups excluding carboxylic acids is 2. The van der Waals surface area contributed by atoms with E-state index in [2.05, 4.69) is 5.32 Å². The van der Waals surface area contributed by atoms with Crippen LogP contribution in [0.2, 0.25) is 0 Å². The van der Waals surface area contributed by atoms with Crippen LogP contribution >= 0.6 is 0 Å². The van der Waals surface area contributed by atoms with Gasteiger partial charge in [-0.05, 0) is 65.2 Å². The van der Waals surface area contributed by atoms with E-state index in [0.29, 0.717) is 17.6 Å². The summed E-state index contributed by atoms with van der Waals surface area (Å²) >= 11 is 0. The minimum atomic E-state index is -0.414. The van der Waals surface area contributed by atoms with Crippen molar-refractivity contribution in [3.05, 3.63) is 52.4 Å². The van der Waals surface area contributed by atoms with Crippen LogP contribution in [0.3, 0.4) is 0 Å². The van der Waals surface area contributed by atoms with Crippen LogP contribution in [0.4, 0.5) is 0 Å². The van der Waals surface area contributed by atoms with Crippen molar-refractivity contribution in [2.45, 2.75) is 72.0 Å². The highest BCUT2D eigenvalue weighted by molar-refractivity contribution is 6.03. The lowest BCUT2D eigenvalue weighted by molar-refractivity contribution is -0.143. The fourth-order valence-corrected chi connectivity index (χ4v) is 3.88. The monoisotopic (exact) mass is 383 g/mol. The molecule has 0 spiro atoms. The quantitative estimate of drug-likeness (QED) is 0.764. The number of ketones is 1. The molecule has 0 aromatic heterocycles. The van der Waals surface area contributed by atoms with Crippen molar-refractivity contribution in [2.75, 3.05) is 0 Å². The summed E-state index contributed by atoms with van der Waals surface area (Å²) in [6.07, 6.45) is 2.01. The first-order chi connectivity index (χ1) is 13.3. The second-order valence-corrected chi connectivity index (χ2v) is 7.96. The van der Waals surface area contributed by atoms with Crippen molar-refractivity contribution in [2.24, 2.45) is 0 Å². The van der Waals surface area contributed by atoms with Crippen molar-refractivity contribution >= 4 is 11.8 Å². The molecular weight excluding hydrogens is 354 g/mol. The number of hydrogen-bond donors (Lipinski definition) is 1. The summed E-state index contributed by atoms with van der Waals surface area (Å²) in [5.74, 6) is 0.0771. The average molecular weight is 383 g/mol.